The number of carbonyl (C=O) groups is 2. The van der Waals surface area contributed by atoms with Gasteiger partial charge >= 0.3 is 6.09 Å². The first-order valence-electron chi connectivity index (χ1n) is 8.86. The maximum atomic E-state index is 12.8. The van der Waals surface area contributed by atoms with Crippen LogP contribution in [0.15, 0.2) is 48.8 Å². The summed E-state index contributed by atoms with van der Waals surface area (Å²) >= 11 is 0. The molecule has 4 rings (SSSR count). The number of hydrogen-bond donors (Lipinski definition) is 1. The summed E-state index contributed by atoms with van der Waals surface area (Å²) < 4.78 is 5.30. The van der Waals surface area contributed by atoms with Crippen molar-refractivity contribution in [2.75, 3.05) is 26.2 Å². The van der Waals surface area contributed by atoms with Gasteiger partial charge in [0.1, 0.15) is 5.69 Å². The number of aromatic amines is 1. The third kappa shape index (κ3) is 3.48. The van der Waals surface area contributed by atoms with Gasteiger partial charge < -0.3 is 19.5 Å². The van der Waals surface area contributed by atoms with Crippen molar-refractivity contribution in [3.63, 3.8) is 0 Å². The molecule has 2 amide bonds. The molecule has 1 N–H and O–H groups in total. The van der Waals surface area contributed by atoms with E-state index in [4.69, 9.17) is 4.74 Å². The van der Waals surface area contributed by atoms with Gasteiger partial charge in [-0.05, 0) is 36.8 Å². The molecule has 0 saturated carbocycles. The molecule has 0 atom stereocenters. The van der Waals surface area contributed by atoms with Crippen LogP contribution in [0.2, 0.25) is 0 Å². The third-order valence-electron chi connectivity index (χ3n) is 4.78. The van der Waals surface area contributed by atoms with Crippen molar-refractivity contribution >= 4 is 22.9 Å². The van der Waals surface area contributed by atoms with Crippen LogP contribution in [-0.4, -0.2) is 57.9 Å². The van der Waals surface area contributed by atoms with E-state index in [1.165, 1.54) is 6.20 Å². The van der Waals surface area contributed by atoms with Gasteiger partial charge in [0.2, 0.25) is 0 Å². The average Bonchev–Trinajstić information content (AvgIpc) is 3.14. The summed E-state index contributed by atoms with van der Waals surface area (Å²) in [6.45, 7) is 3.83. The molecule has 1 aliphatic heterocycles. The zero-order valence-electron chi connectivity index (χ0n) is 15.0. The lowest BCUT2D eigenvalue weighted by atomic mass is 10.1. The van der Waals surface area contributed by atoms with Crippen LogP contribution in [0.3, 0.4) is 0 Å². The Labute approximate surface area is 156 Å². The first kappa shape index (κ1) is 17.1. The molecule has 1 aromatic carbocycles. The van der Waals surface area contributed by atoms with E-state index in [2.05, 4.69) is 9.97 Å². The van der Waals surface area contributed by atoms with Crippen LogP contribution in [-0.2, 0) is 0 Å². The summed E-state index contributed by atoms with van der Waals surface area (Å²) in [6.07, 6.45) is 2.69. The number of nitrogens with zero attached hydrogens (tertiary/aromatic N) is 3. The number of aryl methyl sites for hydroxylation is 1. The Morgan fingerprint density at radius 1 is 1.07 bits per heavy atom. The molecule has 7 heteroatoms. The maximum Gasteiger partial charge on any atom is 0.415 e. The molecule has 1 aliphatic rings. The monoisotopic (exact) mass is 364 g/mol. The average molecular weight is 364 g/mol. The zero-order chi connectivity index (χ0) is 18.8. The fourth-order valence-electron chi connectivity index (χ4n) is 3.26. The van der Waals surface area contributed by atoms with Gasteiger partial charge in [-0.15, -0.1) is 0 Å². The predicted octanol–water partition coefficient (Wildman–Crippen LogP) is 2.83. The highest BCUT2D eigenvalue weighted by Crippen LogP contribution is 2.20. The van der Waals surface area contributed by atoms with Crippen molar-refractivity contribution in [1.82, 2.24) is 19.8 Å². The molecule has 0 bridgehead atoms. The number of rotatable bonds is 2. The van der Waals surface area contributed by atoms with Gasteiger partial charge in [0.25, 0.3) is 5.91 Å². The fourth-order valence-corrected chi connectivity index (χ4v) is 3.26. The highest BCUT2D eigenvalue weighted by Gasteiger charge is 2.26. The number of hydrogen-bond acceptors (Lipinski definition) is 4. The number of benzene rings is 1. The van der Waals surface area contributed by atoms with Crippen molar-refractivity contribution < 1.29 is 14.3 Å². The van der Waals surface area contributed by atoms with E-state index in [9.17, 15) is 9.59 Å². The number of aromatic nitrogens is 2. The molecule has 0 spiro atoms. The summed E-state index contributed by atoms with van der Waals surface area (Å²) in [5.41, 5.74) is 2.66. The maximum absolute atomic E-state index is 12.8. The second-order valence-corrected chi connectivity index (χ2v) is 6.56. The summed E-state index contributed by atoms with van der Waals surface area (Å²) in [5, 5.41) is 1.06. The minimum absolute atomic E-state index is 0.0501. The lowest BCUT2D eigenvalue weighted by Gasteiger charge is -2.33. The van der Waals surface area contributed by atoms with E-state index in [0.29, 0.717) is 37.6 Å². The number of nitrogens with one attached hydrogen (secondary N) is 1. The summed E-state index contributed by atoms with van der Waals surface area (Å²) in [6, 6.07) is 11.2. The van der Waals surface area contributed by atoms with Gasteiger partial charge in [-0.2, -0.15) is 0 Å². The van der Waals surface area contributed by atoms with Crippen molar-refractivity contribution in [1.29, 1.82) is 0 Å². The molecule has 1 saturated heterocycles. The molecule has 3 aromatic rings. The molecule has 7 nitrogen and oxygen atoms in total. The first-order chi connectivity index (χ1) is 13.1. The minimum atomic E-state index is -0.420. The number of carbonyl (C=O) groups excluding carboxylic acids is 2. The molecular formula is C20H20N4O3. The SMILES string of the molecule is Cc1cccc2[nH]c(C(=O)N3CCN(C(=O)Oc4cccnc4)CC3)cc12. The molecular weight excluding hydrogens is 344 g/mol. The molecule has 27 heavy (non-hydrogen) atoms. The Morgan fingerprint density at radius 2 is 1.85 bits per heavy atom. The van der Waals surface area contributed by atoms with Crippen LogP contribution >= 0.6 is 0 Å². The Kier molecular flexibility index (Phi) is 4.50. The van der Waals surface area contributed by atoms with Crippen LogP contribution in [0.4, 0.5) is 4.79 Å². The Morgan fingerprint density at radius 3 is 2.56 bits per heavy atom. The summed E-state index contributed by atoms with van der Waals surface area (Å²) in [7, 11) is 0. The van der Waals surface area contributed by atoms with Crippen LogP contribution in [0.25, 0.3) is 10.9 Å². The number of piperazine rings is 1. The molecule has 0 unspecified atom stereocenters. The lowest BCUT2D eigenvalue weighted by Crippen LogP contribution is -2.51. The summed E-state index contributed by atoms with van der Waals surface area (Å²) in [4.78, 5) is 35.5. The van der Waals surface area contributed by atoms with Gasteiger partial charge in [-0.25, -0.2) is 4.79 Å². The molecule has 0 aliphatic carbocycles. The second-order valence-electron chi connectivity index (χ2n) is 6.56. The lowest BCUT2D eigenvalue weighted by molar-refractivity contribution is 0.0629. The minimum Gasteiger partial charge on any atom is -0.409 e. The number of pyridine rings is 1. The summed E-state index contributed by atoms with van der Waals surface area (Å²) in [5.74, 6) is 0.361. The highest BCUT2D eigenvalue weighted by molar-refractivity contribution is 5.99. The highest BCUT2D eigenvalue weighted by atomic mass is 16.6. The van der Waals surface area contributed by atoms with E-state index in [1.807, 2.05) is 31.2 Å². The van der Waals surface area contributed by atoms with Gasteiger partial charge in [-0.1, -0.05) is 12.1 Å². The van der Waals surface area contributed by atoms with Crippen LogP contribution < -0.4 is 4.74 Å². The van der Waals surface area contributed by atoms with Gasteiger partial charge in [0, 0.05) is 43.3 Å². The normalized spacial score (nSPS) is 14.4. The van der Waals surface area contributed by atoms with E-state index in [0.717, 1.165) is 16.5 Å². The van der Waals surface area contributed by atoms with Gasteiger partial charge in [0.05, 0.1) is 6.20 Å². The topological polar surface area (TPSA) is 78.5 Å². The second kappa shape index (κ2) is 7.11. The van der Waals surface area contributed by atoms with Crippen LogP contribution in [0.1, 0.15) is 16.1 Å². The van der Waals surface area contributed by atoms with Crippen molar-refractivity contribution in [3.8, 4) is 5.75 Å². The number of amides is 2. The largest absolute Gasteiger partial charge is 0.415 e. The number of fused-ring (bicyclic) bond motifs is 1. The van der Waals surface area contributed by atoms with Gasteiger partial charge in [0.15, 0.2) is 5.75 Å². The van der Waals surface area contributed by atoms with Crippen molar-refractivity contribution in [2.24, 2.45) is 0 Å². The molecule has 0 radical (unpaired) electrons. The fraction of sp³-hybridized carbons (Fsp3) is 0.250. The van der Waals surface area contributed by atoms with Crippen molar-refractivity contribution in [2.45, 2.75) is 6.92 Å². The number of ether oxygens (including phenoxy) is 1. The van der Waals surface area contributed by atoms with Crippen LogP contribution in [0, 0.1) is 6.92 Å². The van der Waals surface area contributed by atoms with Crippen molar-refractivity contribution in [3.05, 3.63) is 60.0 Å². The Hall–Kier alpha value is -3.35. The van der Waals surface area contributed by atoms with E-state index < -0.39 is 6.09 Å². The Bertz CT molecular complexity index is 975. The molecule has 138 valence electrons. The smallest absolute Gasteiger partial charge is 0.409 e. The standard InChI is InChI=1S/C20H20N4O3/c1-14-4-2-6-17-16(14)12-18(22-17)19(25)23-8-10-24(11-9-23)20(26)27-15-5-3-7-21-13-15/h2-7,12-13,22H,8-11H2,1H3. The van der Waals surface area contributed by atoms with E-state index in [1.54, 1.807) is 28.1 Å². The predicted molar refractivity (Wildman–Crippen MR) is 101 cm³/mol. The van der Waals surface area contributed by atoms with Gasteiger partial charge in [-0.3, -0.25) is 9.78 Å². The quantitative estimate of drug-likeness (QED) is 0.758. The third-order valence-corrected chi connectivity index (χ3v) is 4.78. The molecule has 2 aromatic heterocycles. The molecule has 3 heterocycles. The molecule has 1 fully saturated rings. The first-order valence-corrected chi connectivity index (χ1v) is 8.86. The van der Waals surface area contributed by atoms with E-state index >= 15 is 0 Å². The van der Waals surface area contributed by atoms with E-state index in [-0.39, 0.29) is 5.91 Å². The Balaban J connectivity index is 1.39. The van der Waals surface area contributed by atoms with Crippen LogP contribution in [0.5, 0.6) is 5.75 Å². The number of H-pyrrole nitrogens is 1. The zero-order valence-corrected chi connectivity index (χ0v) is 15.0.